The molecule has 0 spiro atoms. The molecule has 0 bridgehead atoms. The van der Waals surface area contributed by atoms with Crippen molar-refractivity contribution in [1.29, 1.82) is 0 Å². The number of nitrogens with two attached hydrogens (primary N) is 1. The van der Waals surface area contributed by atoms with Crippen LogP contribution in [0.3, 0.4) is 0 Å². The highest BCUT2D eigenvalue weighted by atomic mass is 32.2. The van der Waals surface area contributed by atoms with Crippen LogP contribution in [-0.2, 0) is 23.6 Å². The lowest BCUT2D eigenvalue weighted by Crippen LogP contribution is -2.16. The molecule has 0 aliphatic heterocycles. The number of rotatable bonds is 4. The first kappa shape index (κ1) is 12.5. The summed E-state index contributed by atoms with van der Waals surface area (Å²) in [5, 5.41) is 3.79. The highest BCUT2D eigenvalue weighted by Gasteiger charge is 2.16. The van der Waals surface area contributed by atoms with Gasteiger partial charge in [0, 0.05) is 13.6 Å². The Morgan fingerprint density at radius 2 is 2.22 bits per heavy atom. The molecule has 1 aromatic heterocycles. The van der Waals surface area contributed by atoms with Gasteiger partial charge in [-0.25, -0.2) is 17.8 Å². The molecular formula is C10H13N5O2S. The van der Waals surface area contributed by atoms with Crippen molar-refractivity contribution in [3.63, 3.8) is 0 Å². The van der Waals surface area contributed by atoms with Crippen LogP contribution in [0.4, 0.5) is 5.95 Å². The van der Waals surface area contributed by atoms with Gasteiger partial charge in [0.1, 0.15) is 6.33 Å². The minimum absolute atomic E-state index is 0.147. The van der Waals surface area contributed by atoms with Gasteiger partial charge in [0.05, 0.1) is 4.90 Å². The van der Waals surface area contributed by atoms with Crippen molar-refractivity contribution in [2.75, 3.05) is 4.72 Å². The van der Waals surface area contributed by atoms with Gasteiger partial charge in [-0.2, -0.15) is 10.1 Å². The molecule has 0 saturated heterocycles. The molecule has 1 aromatic carbocycles. The van der Waals surface area contributed by atoms with Crippen LogP contribution in [0.2, 0.25) is 0 Å². The quantitative estimate of drug-likeness (QED) is 0.816. The van der Waals surface area contributed by atoms with E-state index in [0.717, 1.165) is 5.56 Å². The molecule has 7 nitrogen and oxygen atoms in total. The molecule has 0 amide bonds. The first-order valence-electron chi connectivity index (χ1n) is 5.19. The normalized spacial score (nSPS) is 11.4. The van der Waals surface area contributed by atoms with Crippen LogP contribution in [-0.4, -0.2) is 23.2 Å². The van der Waals surface area contributed by atoms with Crippen LogP contribution in [0, 0.1) is 0 Å². The number of nitrogens with one attached hydrogen (secondary N) is 1. The molecule has 0 unspecified atom stereocenters. The second-order valence-corrected chi connectivity index (χ2v) is 5.35. The monoisotopic (exact) mass is 267 g/mol. The Hall–Kier alpha value is -1.93. The van der Waals surface area contributed by atoms with Crippen LogP contribution in [0.25, 0.3) is 0 Å². The lowest BCUT2D eigenvalue weighted by molar-refractivity contribution is 0.600. The smallest absolute Gasteiger partial charge is 0.264 e. The van der Waals surface area contributed by atoms with E-state index in [-0.39, 0.29) is 17.4 Å². The third-order valence-corrected chi connectivity index (χ3v) is 3.71. The van der Waals surface area contributed by atoms with Crippen molar-refractivity contribution in [2.24, 2.45) is 12.8 Å². The maximum absolute atomic E-state index is 12.1. The van der Waals surface area contributed by atoms with E-state index in [1.807, 2.05) is 0 Å². The van der Waals surface area contributed by atoms with Gasteiger partial charge in [0.15, 0.2) is 0 Å². The predicted molar refractivity (Wildman–Crippen MR) is 66.1 cm³/mol. The average molecular weight is 267 g/mol. The molecule has 96 valence electrons. The Labute approximate surface area is 105 Å². The summed E-state index contributed by atoms with van der Waals surface area (Å²) in [5.41, 5.74) is 6.23. The Bertz CT molecular complexity index is 650. The van der Waals surface area contributed by atoms with E-state index in [9.17, 15) is 8.42 Å². The van der Waals surface area contributed by atoms with Gasteiger partial charge in [0.2, 0.25) is 5.95 Å². The molecule has 0 aliphatic rings. The maximum atomic E-state index is 12.1. The van der Waals surface area contributed by atoms with E-state index >= 15 is 0 Å². The highest BCUT2D eigenvalue weighted by molar-refractivity contribution is 7.92. The zero-order valence-corrected chi connectivity index (χ0v) is 10.6. The molecule has 0 fully saturated rings. The molecular weight excluding hydrogens is 254 g/mol. The van der Waals surface area contributed by atoms with Gasteiger partial charge in [-0.05, 0) is 17.7 Å². The topological polar surface area (TPSA) is 103 Å². The fraction of sp³-hybridized carbons (Fsp3) is 0.200. The SMILES string of the molecule is Cn1ncnc1NS(=O)(=O)c1cccc(CN)c1. The number of aryl methyl sites for hydroxylation is 1. The van der Waals surface area contributed by atoms with Crippen LogP contribution < -0.4 is 10.5 Å². The number of benzene rings is 1. The summed E-state index contributed by atoms with van der Waals surface area (Å²) >= 11 is 0. The van der Waals surface area contributed by atoms with E-state index in [1.54, 1.807) is 19.2 Å². The molecule has 3 N–H and O–H groups in total. The van der Waals surface area contributed by atoms with E-state index in [0.29, 0.717) is 0 Å². The number of anilines is 1. The van der Waals surface area contributed by atoms with Crippen molar-refractivity contribution in [3.8, 4) is 0 Å². The highest BCUT2D eigenvalue weighted by Crippen LogP contribution is 2.14. The Balaban J connectivity index is 2.33. The fourth-order valence-corrected chi connectivity index (χ4v) is 2.51. The largest absolute Gasteiger partial charge is 0.326 e. The third kappa shape index (κ3) is 2.49. The standard InChI is InChI=1S/C10H13N5O2S/c1-15-10(12-7-13-15)14-18(16,17)9-4-2-3-8(5-9)6-11/h2-5,7H,6,11H2,1H3,(H,12,13,14). The zero-order chi connectivity index (χ0) is 13.2. The van der Waals surface area contributed by atoms with Crippen molar-refractivity contribution in [2.45, 2.75) is 11.4 Å². The van der Waals surface area contributed by atoms with Gasteiger partial charge >= 0.3 is 0 Å². The van der Waals surface area contributed by atoms with E-state index in [4.69, 9.17) is 5.73 Å². The van der Waals surface area contributed by atoms with Crippen LogP contribution in [0.5, 0.6) is 0 Å². The lowest BCUT2D eigenvalue weighted by Gasteiger charge is -2.07. The van der Waals surface area contributed by atoms with Crippen molar-refractivity contribution < 1.29 is 8.42 Å². The summed E-state index contributed by atoms with van der Waals surface area (Å²) in [5.74, 6) is 0.160. The zero-order valence-electron chi connectivity index (χ0n) is 9.74. The van der Waals surface area contributed by atoms with E-state index in [2.05, 4.69) is 14.8 Å². The van der Waals surface area contributed by atoms with Crippen LogP contribution in [0.15, 0.2) is 35.5 Å². The maximum Gasteiger partial charge on any atom is 0.264 e. The van der Waals surface area contributed by atoms with Crippen molar-refractivity contribution in [1.82, 2.24) is 14.8 Å². The number of nitrogens with zero attached hydrogens (tertiary/aromatic N) is 3. The number of hydrogen-bond donors (Lipinski definition) is 2. The fourth-order valence-electron chi connectivity index (χ4n) is 1.41. The summed E-state index contributed by atoms with van der Waals surface area (Å²) in [6.07, 6.45) is 1.27. The predicted octanol–water partition coefficient (Wildman–Crippen LogP) is 0.0746. The van der Waals surface area contributed by atoms with Gasteiger partial charge in [-0.1, -0.05) is 12.1 Å². The van der Waals surface area contributed by atoms with Gasteiger partial charge in [-0.3, -0.25) is 0 Å². The Kier molecular flexibility index (Phi) is 3.30. The van der Waals surface area contributed by atoms with Crippen LogP contribution >= 0.6 is 0 Å². The molecule has 1 heterocycles. The molecule has 0 saturated carbocycles. The Morgan fingerprint density at radius 1 is 1.44 bits per heavy atom. The van der Waals surface area contributed by atoms with Crippen molar-refractivity contribution >= 4 is 16.0 Å². The van der Waals surface area contributed by atoms with Gasteiger partial charge < -0.3 is 5.73 Å². The Morgan fingerprint density at radius 3 is 2.83 bits per heavy atom. The number of hydrogen-bond acceptors (Lipinski definition) is 5. The summed E-state index contributed by atoms with van der Waals surface area (Å²) in [6.45, 7) is 0.285. The first-order chi connectivity index (χ1) is 8.53. The number of sulfonamides is 1. The van der Waals surface area contributed by atoms with Crippen LogP contribution in [0.1, 0.15) is 5.56 Å². The molecule has 0 atom stereocenters. The summed E-state index contributed by atoms with van der Waals surface area (Å²) < 4.78 is 27.9. The molecule has 2 rings (SSSR count). The van der Waals surface area contributed by atoms with Gasteiger partial charge in [0.25, 0.3) is 10.0 Å². The molecule has 8 heteroatoms. The van der Waals surface area contributed by atoms with Crippen molar-refractivity contribution in [3.05, 3.63) is 36.2 Å². The third-order valence-electron chi connectivity index (χ3n) is 2.38. The van der Waals surface area contributed by atoms with E-state index < -0.39 is 10.0 Å². The summed E-state index contributed by atoms with van der Waals surface area (Å²) in [7, 11) is -2.07. The van der Waals surface area contributed by atoms with E-state index in [1.165, 1.54) is 23.1 Å². The second kappa shape index (κ2) is 4.75. The minimum atomic E-state index is -3.67. The summed E-state index contributed by atoms with van der Waals surface area (Å²) in [4.78, 5) is 3.95. The number of aromatic nitrogens is 3. The lowest BCUT2D eigenvalue weighted by atomic mass is 10.2. The molecule has 2 aromatic rings. The molecule has 0 aliphatic carbocycles. The minimum Gasteiger partial charge on any atom is -0.326 e. The average Bonchev–Trinajstić information content (AvgIpc) is 2.74. The second-order valence-electron chi connectivity index (χ2n) is 3.66. The first-order valence-corrected chi connectivity index (χ1v) is 6.67. The summed E-state index contributed by atoms with van der Waals surface area (Å²) in [6, 6.07) is 6.44. The van der Waals surface area contributed by atoms with Gasteiger partial charge in [-0.15, -0.1) is 0 Å². The molecule has 0 radical (unpaired) electrons. The molecule has 18 heavy (non-hydrogen) atoms.